The predicted molar refractivity (Wildman–Crippen MR) is 101 cm³/mol. The van der Waals surface area contributed by atoms with Crippen molar-refractivity contribution in [2.75, 3.05) is 18.5 Å². The van der Waals surface area contributed by atoms with Crippen molar-refractivity contribution in [1.29, 1.82) is 0 Å². The normalized spacial score (nSPS) is 19.0. The van der Waals surface area contributed by atoms with E-state index in [9.17, 15) is 9.18 Å². The van der Waals surface area contributed by atoms with Crippen LogP contribution in [0.25, 0.3) is 11.5 Å². The number of ether oxygens (including phenoxy) is 1. The number of aromatic nitrogens is 2. The Hall–Kier alpha value is -3.06. The van der Waals surface area contributed by atoms with Crippen LogP contribution in [0.1, 0.15) is 30.3 Å². The maximum atomic E-state index is 13.4. The summed E-state index contributed by atoms with van der Waals surface area (Å²) in [7, 11) is 0. The highest BCUT2D eigenvalue weighted by atomic mass is 19.1. The number of rotatable bonds is 4. The van der Waals surface area contributed by atoms with E-state index in [-0.39, 0.29) is 11.7 Å². The fourth-order valence-electron chi connectivity index (χ4n) is 3.58. The third-order valence-corrected chi connectivity index (χ3v) is 5.05. The first-order valence-corrected chi connectivity index (χ1v) is 9.04. The second kappa shape index (κ2) is 7.16. The standard InChI is InChI=1S/C21H20FN3O3/c1-13-11-17(23-14(2)26)7-8-18(13)19-24-20(25-28-19)21(9-10-27-12-21)15-3-5-16(22)6-4-15/h3-8,11H,9-10,12H2,1-2H3,(H,23,26)/t21-/m0/s1. The van der Waals surface area contributed by atoms with Gasteiger partial charge in [0.25, 0.3) is 5.89 Å². The molecule has 144 valence electrons. The number of anilines is 1. The van der Waals surface area contributed by atoms with Gasteiger partial charge in [0.15, 0.2) is 5.82 Å². The number of nitrogens with one attached hydrogen (secondary N) is 1. The number of nitrogens with zero attached hydrogens (tertiary/aromatic N) is 2. The first kappa shape index (κ1) is 18.3. The second-order valence-electron chi connectivity index (χ2n) is 7.03. The van der Waals surface area contributed by atoms with Crippen molar-refractivity contribution in [3.05, 3.63) is 65.2 Å². The number of aryl methyl sites for hydroxylation is 1. The topological polar surface area (TPSA) is 77.2 Å². The minimum atomic E-state index is -0.556. The van der Waals surface area contributed by atoms with Gasteiger partial charge in [-0.15, -0.1) is 0 Å². The van der Waals surface area contributed by atoms with Gasteiger partial charge in [-0.1, -0.05) is 17.3 Å². The van der Waals surface area contributed by atoms with Crippen LogP contribution in [0.5, 0.6) is 0 Å². The van der Waals surface area contributed by atoms with Gasteiger partial charge in [0.2, 0.25) is 5.91 Å². The highest BCUT2D eigenvalue weighted by molar-refractivity contribution is 5.89. The van der Waals surface area contributed by atoms with Crippen LogP contribution in [0.15, 0.2) is 47.0 Å². The zero-order valence-corrected chi connectivity index (χ0v) is 15.7. The van der Waals surface area contributed by atoms with Crippen molar-refractivity contribution >= 4 is 11.6 Å². The van der Waals surface area contributed by atoms with Crippen LogP contribution in [-0.4, -0.2) is 29.3 Å². The third kappa shape index (κ3) is 3.29. The molecule has 1 amide bonds. The Kier molecular flexibility index (Phi) is 4.68. The van der Waals surface area contributed by atoms with Crippen LogP contribution < -0.4 is 5.32 Å². The van der Waals surface area contributed by atoms with Gasteiger partial charge >= 0.3 is 0 Å². The summed E-state index contributed by atoms with van der Waals surface area (Å²) in [5.41, 5.74) is 2.75. The largest absolute Gasteiger partial charge is 0.380 e. The lowest BCUT2D eigenvalue weighted by Crippen LogP contribution is -2.29. The number of hydrogen-bond acceptors (Lipinski definition) is 5. The van der Waals surface area contributed by atoms with E-state index < -0.39 is 5.41 Å². The molecule has 1 aromatic heterocycles. The number of hydrogen-bond donors (Lipinski definition) is 1. The molecule has 1 N–H and O–H groups in total. The van der Waals surface area contributed by atoms with Gasteiger partial charge in [-0.05, 0) is 54.8 Å². The zero-order chi connectivity index (χ0) is 19.7. The molecule has 2 heterocycles. The lowest BCUT2D eigenvalue weighted by Gasteiger charge is -2.23. The highest BCUT2D eigenvalue weighted by Gasteiger charge is 2.43. The second-order valence-corrected chi connectivity index (χ2v) is 7.03. The van der Waals surface area contributed by atoms with Gasteiger partial charge in [-0.2, -0.15) is 4.98 Å². The molecule has 0 bridgehead atoms. The van der Waals surface area contributed by atoms with E-state index in [0.29, 0.717) is 37.0 Å². The van der Waals surface area contributed by atoms with Crippen LogP contribution >= 0.6 is 0 Å². The first-order valence-electron chi connectivity index (χ1n) is 9.04. The molecule has 6 nitrogen and oxygen atoms in total. The maximum absolute atomic E-state index is 13.4. The Morgan fingerprint density at radius 2 is 2.00 bits per heavy atom. The van der Waals surface area contributed by atoms with E-state index >= 15 is 0 Å². The number of carbonyl (C=O) groups excluding carboxylic acids is 1. The molecule has 7 heteroatoms. The summed E-state index contributed by atoms with van der Waals surface area (Å²) in [6.07, 6.45) is 0.693. The zero-order valence-electron chi connectivity index (χ0n) is 15.7. The maximum Gasteiger partial charge on any atom is 0.258 e. The van der Waals surface area contributed by atoms with Gasteiger partial charge in [-0.3, -0.25) is 4.79 Å². The summed E-state index contributed by atoms with van der Waals surface area (Å²) in [4.78, 5) is 15.9. The lowest BCUT2D eigenvalue weighted by atomic mass is 9.79. The van der Waals surface area contributed by atoms with Crippen molar-refractivity contribution in [3.8, 4) is 11.5 Å². The summed E-state index contributed by atoms with van der Waals surface area (Å²) in [6, 6.07) is 11.8. The summed E-state index contributed by atoms with van der Waals surface area (Å²) < 4.78 is 24.6. The van der Waals surface area contributed by atoms with E-state index in [1.54, 1.807) is 18.2 Å². The van der Waals surface area contributed by atoms with Gasteiger partial charge in [0, 0.05) is 24.8 Å². The van der Waals surface area contributed by atoms with Gasteiger partial charge < -0.3 is 14.6 Å². The average molecular weight is 381 g/mol. The minimum Gasteiger partial charge on any atom is -0.380 e. The molecule has 4 rings (SSSR count). The molecular weight excluding hydrogens is 361 g/mol. The van der Waals surface area contributed by atoms with Crippen LogP contribution in [0.3, 0.4) is 0 Å². The Morgan fingerprint density at radius 3 is 2.64 bits per heavy atom. The van der Waals surface area contributed by atoms with Gasteiger partial charge in [0.05, 0.1) is 12.0 Å². The fourth-order valence-corrected chi connectivity index (χ4v) is 3.58. The van der Waals surface area contributed by atoms with Gasteiger partial charge in [-0.25, -0.2) is 4.39 Å². The molecule has 1 aliphatic rings. The van der Waals surface area contributed by atoms with E-state index in [4.69, 9.17) is 9.26 Å². The molecule has 3 aromatic rings. The molecular formula is C21H20FN3O3. The average Bonchev–Trinajstić information content (AvgIpc) is 3.32. The van der Waals surface area contributed by atoms with E-state index in [1.807, 2.05) is 19.1 Å². The third-order valence-electron chi connectivity index (χ3n) is 5.05. The monoisotopic (exact) mass is 381 g/mol. The molecule has 1 fully saturated rings. The summed E-state index contributed by atoms with van der Waals surface area (Å²) in [6.45, 7) is 4.37. The van der Waals surface area contributed by atoms with Crippen molar-refractivity contribution in [2.45, 2.75) is 25.7 Å². The molecule has 0 saturated carbocycles. The molecule has 0 unspecified atom stereocenters. The van der Waals surface area contributed by atoms with Crippen molar-refractivity contribution in [3.63, 3.8) is 0 Å². The van der Waals surface area contributed by atoms with Crippen LogP contribution in [-0.2, 0) is 14.9 Å². The van der Waals surface area contributed by atoms with Crippen LogP contribution in [0.4, 0.5) is 10.1 Å². The van der Waals surface area contributed by atoms with Crippen molar-refractivity contribution in [2.24, 2.45) is 0 Å². The van der Waals surface area contributed by atoms with Crippen molar-refractivity contribution in [1.82, 2.24) is 10.1 Å². The molecule has 2 aromatic carbocycles. The molecule has 0 spiro atoms. The quantitative estimate of drug-likeness (QED) is 0.743. The lowest BCUT2D eigenvalue weighted by molar-refractivity contribution is -0.114. The fraction of sp³-hybridized carbons (Fsp3) is 0.286. The predicted octanol–water partition coefficient (Wildman–Crippen LogP) is 3.85. The van der Waals surface area contributed by atoms with Crippen LogP contribution in [0.2, 0.25) is 0 Å². The minimum absolute atomic E-state index is 0.130. The number of amides is 1. The molecule has 1 aliphatic heterocycles. The molecule has 1 saturated heterocycles. The number of carbonyl (C=O) groups is 1. The SMILES string of the molecule is CC(=O)Nc1ccc(-c2nc([C@@]3(c4ccc(F)cc4)CCOC3)no2)c(C)c1. The Bertz CT molecular complexity index is 1010. The number of benzene rings is 2. The first-order chi connectivity index (χ1) is 13.5. The van der Waals surface area contributed by atoms with E-state index in [2.05, 4.69) is 15.5 Å². The van der Waals surface area contributed by atoms with Crippen LogP contribution in [0, 0.1) is 12.7 Å². The molecule has 0 aliphatic carbocycles. The molecule has 28 heavy (non-hydrogen) atoms. The Labute approximate surface area is 161 Å². The van der Waals surface area contributed by atoms with E-state index in [0.717, 1.165) is 16.7 Å². The smallest absolute Gasteiger partial charge is 0.258 e. The Morgan fingerprint density at radius 1 is 1.21 bits per heavy atom. The number of halogens is 1. The summed E-state index contributed by atoms with van der Waals surface area (Å²) >= 11 is 0. The van der Waals surface area contributed by atoms with E-state index in [1.165, 1.54) is 19.1 Å². The van der Waals surface area contributed by atoms with Crippen molar-refractivity contribution < 1.29 is 18.4 Å². The Balaban J connectivity index is 1.70. The molecule has 1 atom stereocenters. The summed E-state index contributed by atoms with van der Waals surface area (Å²) in [5, 5.41) is 6.98. The molecule has 0 radical (unpaired) electrons. The summed E-state index contributed by atoms with van der Waals surface area (Å²) in [5.74, 6) is 0.503. The highest BCUT2D eigenvalue weighted by Crippen LogP contribution is 2.39. The van der Waals surface area contributed by atoms with Gasteiger partial charge in [0.1, 0.15) is 5.82 Å².